The molecule has 10 nitrogen and oxygen atoms in total. The van der Waals surface area contributed by atoms with Crippen LogP contribution in [0.2, 0.25) is 0 Å². The number of likely N-dealkylation sites (tertiary alicyclic amines) is 1. The average molecular weight is 528 g/mol. The molecule has 2 aliphatic rings. The van der Waals surface area contributed by atoms with E-state index in [1.54, 1.807) is 19.1 Å². The molecule has 38 heavy (non-hydrogen) atoms. The Kier molecular flexibility index (Phi) is 9.70. The quantitative estimate of drug-likeness (QED) is 0.367. The number of rotatable bonds is 9. The third-order valence-electron chi connectivity index (χ3n) is 6.95. The third kappa shape index (κ3) is 7.30. The maximum Gasteiger partial charge on any atom is 0.325 e. The molecule has 2 saturated heterocycles. The molecular weight excluding hydrogens is 490 g/mol. The number of β-amino-alcohol motifs (C(OH)–C–C–N with tert-alkyl or cyclic N) is 1. The fourth-order valence-corrected chi connectivity index (χ4v) is 4.82. The molecule has 10 heteroatoms. The van der Waals surface area contributed by atoms with Crippen molar-refractivity contribution in [3.8, 4) is 0 Å². The van der Waals surface area contributed by atoms with E-state index < -0.39 is 18.3 Å². The number of ether oxygens (including phenoxy) is 3. The Morgan fingerprint density at radius 3 is 2.42 bits per heavy atom. The van der Waals surface area contributed by atoms with Crippen molar-refractivity contribution in [2.24, 2.45) is 5.92 Å². The maximum absolute atomic E-state index is 12.1. The Hall–Kier alpha value is -3.02. The van der Waals surface area contributed by atoms with Crippen LogP contribution in [-0.2, 0) is 25.6 Å². The standard InChI is InChI=1S/C28H37N3O7/c1-3-36-25(34)14-29-28(35)30-22-10-8-21(9-11-22)27-37-24(16-31-13-12-23(33)15-31)18(2)26(38-27)20-6-4-19(17-32)5-7-20/h4-11,18,23-24,26-27,32-33H,3,12-17H2,1-2H3,(H2,29,30,35). The minimum absolute atomic E-state index is 0.0196. The fraction of sp³-hybridized carbons (Fsp3) is 0.500. The van der Waals surface area contributed by atoms with Gasteiger partial charge in [0.15, 0.2) is 6.29 Å². The number of anilines is 1. The zero-order valence-corrected chi connectivity index (χ0v) is 21.8. The molecule has 5 atom stereocenters. The summed E-state index contributed by atoms with van der Waals surface area (Å²) in [6, 6.07) is 14.4. The van der Waals surface area contributed by atoms with Gasteiger partial charge in [-0.1, -0.05) is 43.3 Å². The number of carbonyl (C=O) groups is 2. The number of hydrogen-bond acceptors (Lipinski definition) is 8. The Morgan fingerprint density at radius 2 is 1.79 bits per heavy atom. The summed E-state index contributed by atoms with van der Waals surface area (Å²) >= 11 is 0. The van der Waals surface area contributed by atoms with Crippen molar-refractivity contribution in [1.29, 1.82) is 0 Å². The van der Waals surface area contributed by atoms with E-state index in [1.165, 1.54) is 0 Å². The Morgan fingerprint density at radius 1 is 1.08 bits per heavy atom. The molecule has 2 heterocycles. The van der Waals surface area contributed by atoms with Gasteiger partial charge in [-0.25, -0.2) is 4.79 Å². The molecule has 4 N–H and O–H groups in total. The number of aliphatic hydroxyl groups excluding tert-OH is 2. The van der Waals surface area contributed by atoms with E-state index in [0.29, 0.717) is 18.8 Å². The first-order valence-electron chi connectivity index (χ1n) is 13.1. The number of nitrogens with one attached hydrogen (secondary N) is 2. The van der Waals surface area contributed by atoms with Crippen molar-refractivity contribution >= 4 is 17.7 Å². The Labute approximate surface area is 222 Å². The number of amides is 2. The fourth-order valence-electron chi connectivity index (χ4n) is 4.82. The predicted octanol–water partition coefficient (Wildman–Crippen LogP) is 2.72. The van der Waals surface area contributed by atoms with Crippen LogP contribution < -0.4 is 10.6 Å². The van der Waals surface area contributed by atoms with E-state index in [-0.39, 0.29) is 44.0 Å². The number of benzene rings is 2. The van der Waals surface area contributed by atoms with Crippen molar-refractivity contribution in [2.45, 2.75) is 51.5 Å². The van der Waals surface area contributed by atoms with Crippen LogP contribution in [0.3, 0.4) is 0 Å². The molecule has 2 aromatic rings. The van der Waals surface area contributed by atoms with Gasteiger partial charge in [0.05, 0.1) is 31.5 Å². The Balaban J connectivity index is 1.46. The van der Waals surface area contributed by atoms with Crippen molar-refractivity contribution in [1.82, 2.24) is 10.2 Å². The highest BCUT2D eigenvalue weighted by molar-refractivity contribution is 5.91. The highest BCUT2D eigenvalue weighted by Gasteiger charge is 2.39. The summed E-state index contributed by atoms with van der Waals surface area (Å²) < 4.78 is 17.7. The molecule has 0 saturated carbocycles. The lowest BCUT2D eigenvalue weighted by Gasteiger charge is -2.42. The minimum atomic E-state index is -0.627. The van der Waals surface area contributed by atoms with Crippen LogP contribution >= 0.6 is 0 Å². The summed E-state index contributed by atoms with van der Waals surface area (Å²) in [5, 5.41) is 24.6. The van der Waals surface area contributed by atoms with E-state index in [4.69, 9.17) is 14.2 Å². The summed E-state index contributed by atoms with van der Waals surface area (Å²) in [4.78, 5) is 25.8. The van der Waals surface area contributed by atoms with E-state index in [2.05, 4.69) is 22.5 Å². The third-order valence-corrected chi connectivity index (χ3v) is 6.95. The smallest absolute Gasteiger partial charge is 0.325 e. The highest BCUT2D eigenvalue weighted by Crippen LogP contribution is 2.42. The van der Waals surface area contributed by atoms with Gasteiger partial charge in [-0.2, -0.15) is 0 Å². The van der Waals surface area contributed by atoms with Crippen molar-refractivity contribution < 1.29 is 34.0 Å². The van der Waals surface area contributed by atoms with Gasteiger partial charge in [0.25, 0.3) is 0 Å². The second-order valence-electron chi connectivity index (χ2n) is 9.76. The lowest BCUT2D eigenvalue weighted by molar-refractivity contribution is -0.276. The van der Waals surface area contributed by atoms with E-state index in [0.717, 1.165) is 29.7 Å². The number of esters is 1. The first kappa shape index (κ1) is 28.0. The van der Waals surface area contributed by atoms with Crippen LogP contribution in [0.5, 0.6) is 0 Å². The highest BCUT2D eigenvalue weighted by atomic mass is 16.7. The van der Waals surface area contributed by atoms with Gasteiger partial charge in [0.2, 0.25) is 0 Å². The second kappa shape index (κ2) is 13.2. The first-order valence-corrected chi connectivity index (χ1v) is 13.1. The molecule has 0 bridgehead atoms. The lowest BCUT2D eigenvalue weighted by atomic mass is 9.90. The van der Waals surface area contributed by atoms with Gasteiger partial charge >= 0.3 is 12.0 Å². The number of aliphatic hydroxyl groups is 2. The number of carbonyl (C=O) groups excluding carboxylic acids is 2. The minimum Gasteiger partial charge on any atom is -0.465 e. The zero-order chi connectivity index (χ0) is 27.1. The second-order valence-corrected chi connectivity index (χ2v) is 9.76. The summed E-state index contributed by atoms with van der Waals surface area (Å²) in [5.74, 6) is -0.453. The summed E-state index contributed by atoms with van der Waals surface area (Å²) in [7, 11) is 0. The molecule has 2 aliphatic heterocycles. The number of hydrogen-bond donors (Lipinski definition) is 4. The van der Waals surface area contributed by atoms with Gasteiger partial charge in [-0.15, -0.1) is 0 Å². The number of nitrogens with zero attached hydrogens (tertiary/aromatic N) is 1. The van der Waals surface area contributed by atoms with Crippen LogP contribution in [0.25, 0.3) is 0 Å². The molecule has 2 amide bonds. The van der Waals surface area contributed by atoms with Gasteiger partial charge in [0.1, 0.15) is 6.54 Å². The molecule has 0 aliphatic carbocycles. The van der Waals surface area contributed by atoms with Crippen LogP contribution in [-0.4, -0.2) is 72.1 Å². The van der Waals surface area contributed by atoms with Crippen molar-refractivity contribution in [2.75, 3.05) is 38.1 Å². The topological polar surface area (TPSA) is 130 Å². The number of urea groups is 1. The molecule has 0 radical (unpaired) electrons. The van der Waals surface area contributed by atoms with Crippen LogP contribution in [0, 0.1) is 5.92 Å². The van der Waals surface area contributed by atoms with Crippen LogP contribution in [0.4, 0.5) is 10.5 Å². The molecule has 2 aromatic carbocycles. The molecular formula is C28H37N3O7. The molecule has 0 aromatic heterocycles. The maximum atomic E-state index is 12.1. The van der Waals surface area contributed by atoms with Gasteiger partial charge in [-0.05, 0) is 36.6 Å². The first-order chi connectivity index (χ1) is 18.4. The predicted molar refractivity (Wildman–Crippen MR) is 140 cm³/mol. The van der Waals surface area contributed by atoms with Gasteiger partial charge in [0, 0.05) is 36.8 Å². The largest absolute Gasteiger partial charge is 0.465 e. The normalized spacial score (nSPS) is 25.6. The molecule has 5 unspecified atom stereocenters. The molecule has 4 rings (SSSR count). The van der Waals surface area contributed by atoms with E-state index >= 15 is 0 Å². The van der Waals surface area contributed by atoms with Gasteiger partial charge < -0.3 is 35.1 Å². The zero-order valence-electron chi connectivity index (χ0n) is 21.8. The van der Waals surface area contributed by atoms with E-state index in [9.17, 15) is 19.8 Å². The molecule has 206 valence electrons. The summed E-state index contributed by atoms with van der Waals surface area (Å²) in [5.41, 5.74) is 3.20. The van der Waals surface area contributed by atoms with Crippen molar-refractivity contribution in [3.63, 3.8) is 0 Å². The summed E-state index contributed by atoms with van der Waals surface area (Å²) in [6.07, 6.45) is -0.539. The van der Waals surface area contributed by atoms with Crippen molar-refractivity contribution in [3.05, 3.63) is 65.2 Å². The summed E-state index contributed by atoms with van der Waals surface area (Å²) in [6.45, 7) is 5.98. The van der Waals surface area contributed by atoms with E-state index in [1.807, 2.05) is 36.4 Å². The SMILES string of the molecule is CCOC(=O)CNC(=O)Nc1ccc(C2OC(CN3CCC(O)C3)C(C)C(c3ccc(CO)cc3)O2)cc1. The van der Waals surface area contributed by atoms with Crippen LogP contribution in [0.1, 0.15) is 49.4 Å². The molecule has 0 spiro atoms. The average Bonchev–Trinajstić information content (AvgIpc) is 3.33. The molecule has 2 fully saturated rings. The Bertz CT molecular complexity index is 1060. The van der Waals surface area contributed by atoms with Crippen LogP contribution in [0.15, 0.2) is 48.5 Å². The van der Waals surface area contributed by atoms with Gasteiger partial charge in [-0.3, -0.25) is 9.69 Å². The monoisotopic (exact) mass is 527 g/mol. The lowest BCUT2D eigenvalue weighted by Crippen LogP contribution is -2.44.